The molecule has 2 unspecified atom stereocenters. The summed E-state index contributed by atoms with van der Waals surface area (Å²) in [5.74, 6) is 0.721. The van der Waals surface area contributed by atoms with Crippen molar-refractivity contribution in [2.45, 2.75) is 52.2 Å². The van der Waals surface area contributed by atoms with Gasteiger partial charge < -0.3 is 5.32 Å². The average Bonchev–Trinajstić information content (AvgIpc) is 2.42. The van der Waals surface area contributed by atoms with Gasteiger partial charge in [0.15, 0.2) is 0 Å². The molecule has 2 atom stereocenters. The molecule has 2 rings (SSSR count). The quantitative estimate of drug-likeness (QED) is 0.905. The number of piperazine rings is 1. The predicted molar refractivity (Wildman–Crippen MR) is 87.2 cm³/mol. The van der Waals surface area contributed by atoms with Crippen LogP contribution in [0, 0.1) is 5.92 Å². The second-order valence-corrected chi connectivity index (χ2v) is 7.13. The lowest BCUT2D eigenvalue weighted by atomic mass is 9.90. The molecule has 1 aliphatic rings. The summed E-state index contributed by atoms with van der Waals surface area (Å²) in [6, 6.07) is 8.84. The van der Waals surface area contributed by atoms with Crippen molar-refractivity contribution in [2.75, 3.05) is 13.1 Å². The van der Waals surface area contributed by atoms with Crippen LogP contribution < -0.4 is 5.32 Å². The highest BCUT2D eigenvalue weighted by atomic mass is 35.5. The maximum Gasteiger partial charge on any atom is 0.0406 e. The van der Waals surface area contributed by atoms with Gasteiger partial charge in [-0.15, -0.1) is 0 Å². The predicted octanol–water partition coefficient (Wildman–Crippen LogP) is 3.94. The summed E-state index contributed by atoms with van der Waals surface area (Å²) < 4.78 is 0. The number of rotatable bonds is 4. The molecule has 1 aliphatic heterocycles. The molecule has 1 N–H and O–H groups in total. The first-order chi connectivity index (χ1) is 9.42. The van der Waals surface area contributed by atoms with Crippen LogP contribution in [0.25, 0.3) is 0 Å². The lowest BCUT2D eigenvalue weighted by Crippen LogP contribution is -2.62. The average molecular weight is 295 g/mol. The molecule has 0 saturated carbocycles. The largest absolute Gasteiger partial charge is 0.311 e. The highest BCUT2D eigenvalue weighted by Crippen LogP contribution is 2.25. The van der Waals surface area contributed by atoms with Gasteiger partial charge in [-0.25, -0.2) is 0 Å². The lowest BCUT2D eigenvalue weighted by Gasteiger charge is -2.47. The van der Waals surface area contributed by atoms with Crippen molar-refractivity contribution in [2.24, 2.45) is 5.92 Å². The van der Waals surface area contributed by atoms with E-state index in [1.54, 1.807) is 0 Å². The van der Waals surface area contributed by atoms with Crippen molar-refractivity contribution in [3.63, 3.8) is 0 Å². The molecule has 1 aromatic carbocycles. The molecule has 0 aliphatic carbocycles. The van der Waals surface area contributed by atoms with E-state index >= 15 is 0 Å². The second kappa shape index (κ2) is 6.46. The summed E-state index contributed by atoms with van der Waals surface area (Å²) in [7, 11) is 0. The zero-order valence-corrected chi connectivity index (χ0v) is 13.9. The van der Waals surface area contributed by atoms with E-state index in [9.17, 15) is 0 Å². The first kappa shape index (κ1) is 15.8. The smallest absolute Gasteiger partial charge is 0.0406 e. The molecule has 1 aromatic rings. The Morgan fingerprint density at radius 2 is 2.00 bits per heavy atom. The fourth-order valence-corrected chi connectivity index (χ4v) is 2.92. The Kier molecular flexibility index (Phi) is 5.11. The molecule has 0 aromatic heterocycles. The van der Waals surface area contributed by atoms with Crippen molar-refractivity contribution in [1.82, 2.24) is 10.2 Å². The fourth-order valence-electron chi connectivity index (χ4n) is 2.80. The molecule has 2 nitrogen and oxygen atoms in total. The van der Waals surface area contributed by atoms with Gasteiger partial charge in [-0.3, -0.25) is 4.90 Å². The molecule has 0 amide bonds. The lowest BCUT2D eigenvalue weighted by molar-refractivity contribution is 0.0449. The SMILES string of the molecule is CCC(C)C1CN(Cc2ccc(Cl)cc2)C(C)(C)CN1. The van der Waals surface area contributed by atoms with Crippen molar-refractivity contribution < 1.29 is 0 Å². The summed E-state index contributed by atoms with van der Waals surface area (Å²) in [5.41, 5.74) is 1.54. The summed E-state index contributed by atoms with van der Waals surface area (Å²) in [5, 5.41) is 4.53. The van der Waals surface area contributed by atoms with Gasteiger partial charge in [0, 0.05) is 36.2 Å². The molecule has 112 valence electrons. The third kappa shape index (κ3) is 3.75. The molecular weight excluding hydrogens is 268 g/mol. The van der Waals surface area contributed by atoms with E-state index in [4.69, 9.17) is 11.6 Å². The van der Waals surface area contributed by atoms with Crippen molar-refractivity contribution in [3.8, 4) is 0 Å². The Bertz CT molecular complexity index is 427. The standard InChI is InChI=1S/C17H27ClN2/c1-5-13(2)16-11-20(17(3,4)12-19-16)10-14-6-8-15(18)9-7-14/h6-9,13,16,19H,5,10-12H2,1-4H3. The molecule has 0 spiro atoms. The van der Waals surface area contributed by atoms with Gasteiger partial charge in [0.1, 0.15) is 0 Å². The maximum absolute atomic E-state index is 5.97. The molecular formula is C17H27ClN2. The van der Waals surface area contributed by atoms with Gasteiger partial charge in [0.05, 0.1) is 0 Å². The van der Waals surface area contributed by atoms with E-state index in [0.717, 1.165) is 30.6 Å². The van der Waals surface area contributed by atoms with Gasteiger partial charge in [0.25, 0.3) is 0 Å². The first-order valence-electron chi connectivity index (χ1n) is 7.65. The molecule has 1 fully saturated rings. The molecule has 1 saturated heterocycles. The molecule has 0 bridgehead atoms. The molecule has 0 radical (unpaired) electrons. The summed E-state index contributed by atoms with van der Waals surface area (Å²) in [4.78, 5) is 2.60. The Morgan fingerprint density at radius 3 is 2.60 bits per heavy atom. The number of benzene rings is 1. The monoisotopic (exact) mass is 294 g/mol. The van der Waals surface area contributed by atoms with Crippen LogP contribution in [0.1, 0.15) is 39.7 Å². The number of nitrogens with zero attached hydrogens (tertiary/aromatic N) is 1. The molecule has 1 heterocycles. The Hall–Kier alpha value is -0.570. The number of nitrogens with one attached hydrogen (secondary N) is 1. The highest BCUT2D eigenvalue weighted by Gasteiger charge is 2.35. The fraction of sp³-hybridized carbons (Fsp3) is 0.647. The van der Waals surface area contributed by atoms with Gasteiger partial charge in [-0.1, -0.05) is 44.0 Å². The van der Waals surface area contributed by atoms with Gasteiger partial charge in [-0.2, -0.15) is 0 Å². The Balaban J connectivity index is 2.07. The van der Waals surface area contributed by atoms with Crippen LogP contribution in [-0.2, 0) is 6.54 Å². The van der Waals surface area contributed by atoms with E-state index in [2.05, 4.69) is 50.0 Å². The topological polar surface area (TPSA) is 15.3 Å². The highest BCUT2D eigenvalue weighted by molar-refractivity contribution is 6.30. The second-order valence-electron chi connectivity index (χ2n) is 6.69. The maximum atomic E-state index is 5.97. The van der Waals surface area contributed by atoms with Gasteiger partial charge in [-0.05, 0) is 37.5 Å². The number of hydrogen-bond donors (Lipinski definition) is 1. The van der Waals surface area contributed by atoms with E-state index in [-0.39, 0.29) is 5.54 Å². The number of hydrogen-bond acceptors (Lipinski definition) is 2. The van der Waals surface area contributed by atoms with Crippen LogP contribution in [0.3, 0.4) is 0 Å². The molecule has 20 heavy (non-hydrogen) atoms. The normalized spacial score (nSPS) is 24.6. The third-order valence-electron chi connectivity index (χ3n) is 4.69. The third-order valence-corrected chi connectivity index (χ3v) is 4.94. The van der Waals surface area contributed by atoms with E-state index in [0.29, 0.717) is 6.04 Å². The Morgan fingerprint density at radius 1 is 1.35 bits per heavy atom. The van der Waals surface area contributed by atoms with Crippen LogP contribution in [0.4, 0.5) is 0 Å². The van der Waals surface area contributed by atoms with E-state index < -0.39 is 0 Å². The van der Waals surface area contributed by atoms with Crippen molar-refractivity contribution in [3.05, 3.63) is 34.9 Å². The van der Waals surface area contributed by atoms with Crippen molar-refractivity contribution >= 4 is 11.6 Å². The van der Waals surface area contributed by atoms with E-state index in [1.807, 2.05) is 12.1 Å². The minimum absolute atomic E-state index is 0.198. The summed E-state index contributed by atoms with van der Waals surface area (Å²) >= 11 is 5.97. The van der Waals surface area contributed by atoms with Crippen LogP contribution >= 0.6 is 11.6 Å². The zero-order valence-electron chi connectivity index (χ0n) is 13.1. The summed E-state index contributed by atoms with van der Waals surface area (Å²) in [6.45, 7) is 12.4. The van der Waals surface area contributed by atoms with Crippen LogP contribution in [0.2, 0.25) is 5.02 Å². The number of halogens is 1. The van der Waals surface area contributed by atoms with Crippen LogP contribution in [0.15, 0.2) is 24.3 Å². The van der Waals surface area contributed by atoms with Gasteiger partial charge >= 0.3 is 0 Å². The first-order valence-corrected chi connectivity index (χ1v) is 8.03. The van der Waals surface area contributed by atoms with Crippen LogP contribution in [0.5, 0.6) is 0 Å². The summed E-state index contributed by atoms with van der Waals surface area (Å²) in [6.07, 6.45) is 1.23. The van der Waals surface area contributed by atoms with Crippen molar-refractivity contribution in [1.29, 1.82) is 0 Å². The van der Waals surface area contributed by atoms with E-state index in [1.165, 1.54) is 12.0 Å². The minimum atomic E-state index is 0.198. The minimum Gasteiger partial charge on any atom is -0.311 e. The molecule has 3 heteroatoms. The zero-order chi connectivity index (χ0) is 14.8. The Labute approximate surface area is 128 Å². The van der Waals surface area contributed by atoms with Gasteiger partial charge in [0.2, 0.25) is 0 Å². The van der Waals surface area contributed by atoms with Crippen LogP contribution in [-0.4, -0.2) is 29.6 Å².